The molecule has 0 spiro atoms. The van der Waals surface area contributed by atoms with Crippen LogP contribution in [0.25, 0.3) is 0 Å². The third-order valence-electron chi connectivity index (χ3n) is 4.59. The summed E-state index contributed by atoms with van der Waals surface area (Å²) >= 11 is 0. The van der Waals surface area contributed by atoms with Gasteiger partial charge in [0.05, 0.1) is 6.61 Å². The smallest absolute Gasteiger partial charge is 0.117 e. The van der Waals surface area contributed by atoms with Crippen LogP contribution in [-0.4, -0.2) is 43.4 Å². The van der Waals surface area contributed by atoms with Crippen molar-refractivity contribution in [3.63, 3.8) is 0 Å². The Labute approximate surface area is 93.6 Å². The second-order valence-electron chi connectivity index (χ2n) is 5.46. The van der Waals surface area contributed by atoms with Gasteiger partial charge in [-0.15, -0.1) is 0 Å². The van der Waals surface area contributed by atoms with Gasteiger partial charge in [-0.3, -0.25) is 0 Å². The zero-order valence-corrected chi connectivity index (χ0v) is 10.5. The number of ether oxygens (including phenoxy) is 2. The van der Waals surface area contributed by atoms with Crippen molar-refractivity contribution >= 4 is 7.85 Å². The first-order valence-corrected chi connectivity index (χ1v) is 5.23. The van der Waals surface area contributed by atoms with Crippen molar-refractivity contribution in [3.8, 4) is 0 Å². The quantitative estimate of drug-likeness (QED) is 0.696. The molecule has 1 saturated heterocycles. The topological polar surface area (TPSA) is 38.7 Å². The van der Waals surface area contributed by atoms with Crippen LogP contribution in [0.3, 0.4) is 0 Å². The number of aliphatic hydroxyl groups is 1. The van der Waals surface area contributed by atoms with Crippen LogP contribution in [0.2, 0.25) is 0 Å². The van der Waals surface area contributed by atoms with E-state index >= 15 is 0 Å². The van der Waals surface area contributed by atoms with Gasteiger partial charge in [0.25, 0.3) is 0 Å². The van der Waals surface area contributed by atoms with E-state index in [1.807, 2.05) is 34.6 Å². The highest BCUT2D eigenvalue weighted by Crippen LogP contribution is 2.57. The number of methoxy groups -OCH3 is 1. The molecule has 1 aliphatic rings. The number of aliphatic hydroxyl groups excluding tert-OH is 1. The Bertz CT molecular complexity index is 265. The molecule has 0 amide bonds. The molecular formula is C11H21BO3. The second-order valence-corrected chi connectivity index (χ2v) is 5.46. The van der Waals surface area contributed by atoms with E-state index in [9.17, 15) is 5.11 Å². The Morgan fingerprint density at radius 3 is 1.93 bits per heavy atom. The lowest BCUT2D eigenvalue weighted by molar-refractivity contribution is -0.162. The van der Waals surface area contributed by atoms with Crippen molar-refractivity contribution in [3.05, 3.63) is 0 Å². The molecule has 1 heterocycles. The normalized spacial score (nSPS) is 49.5. The van der Waals surface area contributed by atoms with Crippen molar-refractivity contribution in [1.82, 2.24) is 0 Å². The van der Waals surface area contributed by atoms with Gasteiger partial charge >= 0.3 is 0 Å². The number of hydrogen-bond acceptors (Lipinski definition) is 3. The van der Waals surface area contributed by atoms with Crippen LogP contribution in [0, 0.1) is 5.41 Å². The molecule has 2 radical (unpaired) electrons. The van der Waals surface area contributed by atoms with Crippen LogP contribution in [0.4, 0.5) is 0 Å². The van der Waals surface area contributed by atoms with E-state index in [2.05, 4.69) is 0 Å². The molecular weight excluding hydrogens is 191 g/mol. The maximum absolute atomic E-state index is 9.50. The fraction of sp³-hybridized carbons (Fsp3) is 1.00. The van der Waals surface area contributed by atoms with Gasteiger partial charge < -0.3 is 14.6 Å². The molecule has 3 atom stereocenters. The molecule has 1 fully saturated rings. The molecule has 0 aliphatic carbocycles. The molecule has 0 saturated carbocycles. The average Bonchev–Trinajstić information content (AvgIpc) is 2.23. The van der Waals surface area contributed by atoms with Gasteiger partial charge in [-0.05, 0) is 20.8 Å². The fourth-order valence-electron chi connectivity index (χ4n) is 2.48. The third kappa shape index (κ3) is 1.31. The SMILES string of the molecule is [B][C@]1(C)O[C@](C)(CO)C(C)(OC)C1(C)C. The lowest BCUT2D eigenvalue weighted by Gasteiger charge is -2.46. The van der Waals surface area contributed by atoms with Crippen molar-refractivity contribution in [2.75, 3.05) is 13.7 Å². The molecule has 15 heavy (non-hydrogen) atoms. The molecule has 1 unspecified atom stereocenters. The van der Waals surface area contributed by atoms with Gasteiger partial charge in [-0.1, -0.05) is 13.8 Å². The van der Waals surface area contributed by atoms with Crippen LogP contribution < -0.4 is 0 Å². The van der Waals surface area contributed by atoms with E-state index in [4.69, 9.17) is 17.3 Å². The maximum atomic E-state index is 9.50. The van der Waals surface area contributed by atoms with Gasteiger partial charge in [-0.25, -0.2) is 0 Å². The summed E-state index contributed by atoms with van der Waals surface area (Å²) in [6.07, 6.45) is 0. The Kier molecular flexibility index (Phi) is 2.79. The highest BCUT2D eigenvalue weighted by molar-refractivity contribution is 6.15. The monoisotopic (exact) mass is 212 g/mol. The first-order valence-electron chi connectivity index (χ1n) is 5.23. The van der Waals surface area contributed by atoms with E-state index < -0.39 is 22.1 Å². The lowest BCUT2D eigenvalue weighted by atomic mass is 9.57. The largest absolute Gasteiger partial charge is 0.393 e. The van der Waals surface area contributed by atoms with E-state index in [-0.39, 0.29) is 6.61 Å². The van der Waals surface area contributed by atoms with E-state index in [1.165, 1.54) is 0 Å². The Morgan fingerprint density at radius 1 is 1.20 bits per heavy atom. The summed E-state index contributed by atoms with van der Waals surface area (Å²) in [5.41, 5.74) is -2.63. The molecule has 0 bridgehead atoms. The third-order valence-corrected chi connectivity index (χ3v) is 4.59. The predicted octanol–water partition coefficient (Wildman–Crippen LogP) is 1.08. The van der Waals surface area contributed by atoms with Gasteiger partial charge in [0.2, 0.25) is 0 Å². The molecule has 0 aromatic heterocycles. The van der Waals surface area contributed by atoms with Crippen LogP contribution in [0.1, 0.15) is 34.6 Å². The number of rotatable bonds is 2. The lowest BCUT2D eigenvalue weighted by Crippen LogP contribution is -2.58. The van der Waals surface area contributed by atoms with Crippen LogP contribution in [0.5, 0.6) is 0 Å². The minimum Gasteiger partial charge on any atom is -0.393 e. The van der Waals surface area contributed by atoms with Crippen LogP contribution >= 0.6 is 0 Å². The van der Waals surface area contributed by atoms with Crippen molar-refractivity contribution < 1.29 is 14.6 Å². The standard InChI is InChI=1S/C11H21BO3/c1-8(2)10(4,14-6)9(3,7-13)15-11(8,5)12/h13H,7H2,1-6H3/t9-,10?,11-/m1/s1. The minimum atomic E-state index is -0.824. The Balaban J connectivity index is 3.31. The Morgan fingerprint density at radius 2 is 1.67 bits per heavy atom. The van der Waals surface area contributed by atoms with Crippen LogP contribution in [0.15, 0.2) is 0 Å². The van der Waals surface area contributed by atoms with Crippen molar-refractivity contribution in [2.45, 2.75) is 51.3 Å². The summed E-state index contributed by atoms with van der Waals surface area (Å²) in [4.78, 5) is 0. The first kappa shape index (κ1) is 13.0. The molecule has 3 nitrogen and oxygen atoms in total. The molecule has 1 N–H and O–H groups in total. The van der Waals surface area contributed by atoms with Gasteiger partial charge in [0.1, 0.15) is 19.0 Å². The van der Waals surface area contributed by atoms with Crippen molar-refractivity contribution in [1.29, 1.82) is 0 Å². The molecule has 4 heteroatoms. The first-order chi connectivity index (χ1) is 6.58. The number of hydrogen-bond donors (Lipinski definition) is 1. The maximum Gasteiger partial charge on any atom is 0.117 e. The summed E-state index contributed by atoms with van der Waals surface area (Å²) in [5, 5.41) is 9.50. The van der Waals surface area contributed by atoms with Gasteiger partial charge in [-0.2, -0.15) is 0 Å². The summed E-state index contributed by atoms with van der Waals surface area (Å²) in [6.45, 7) is 9.46. The summed E-state index contributed by atoms with van der Waals surface area (Å²) in [7, 11) is 7.77. The Hall–Kier alpha value is -0.0551. The minimum absolute atomic E-state index is 0.118. The summed E-state index contributed by atoms with van der Waals surface area (Å²) in [5.74, 6) is 0. The van der Waals surface area contributed by atoms with Crippen molar-refractivity contribution in [2.24, 2.45) is 5.41 Å². The zero-order chi connectivity index (χ0) is 12.1. The van der Waals surface area contributed by atoms with Crippen LogP contribution in [-0.2, 0) is 9.47 Å². The molecule has 0 aromatic carbocycles. The molecule has 0 aromatic rings. The molecule has 1 rings (SSSR count). The van der Waals surface area contributed by atoms with E-state index in [1.54, 1.807) is 7.11 Å². The average molecular weight is 212 g/mol. The van der Waals surface area contributed by atoms with E-state index in [0.29, 0.717) is 0 Å². The van der Waals surface area contributed by atoms with Gasteiger partial charge in [0, 0.05) is 18.0 Å². The van der Waals surface area contributed by atoms with Gasteiger partial charge in [0.15, 0.2) is 0 Å². The highest BCUT2D eigenvalue weighted by Gasteiger charge is 2.68. The van der Waals surface area contributed by atoms with E-state index in [0.717, 1.165) is 0 Å². The molecule has 86 valence electrons. The summed E-state index contributed by atoms with van der Waals surface area (Å²) < 4.78 is 11.4. The predicted molar refractivity (Wildman–Crippen MR) is 59.9 cm³/mol. The fourth-order valence-corrected chi connectivity index (χ4v) is 2.48. The highest BCUT2D eigenvalue weighted by atomic mass is 16.6. The molecule has 1 aliphatic heterocycles. The second kappa shape index (κ2) is 3.22. The zero-order valence-electron chi connectivity index (χ0n) is 10.5. The summed E-state index contributed by atoms with van der Waals surface area (Å²) in [6, 6.07) is 0.